The van der Waals surface area contributed by atoms with Crippen LogP contribution in [0.2, 0.25) is 5.02 Å². The molecule has 0 radical (unpaired) electrons. The lowest BCUT2D eigenvalue weighted by molar-refractivity contribution is -0.0249. The van der Waals surface area contributed by atoms with E-state index in [0.29, 0.717) is 23.8 Å². The maximum atomic E-state index is 12.5. The van der Waals surface area contributed by atoms with E-state index in [1.54, 1.807) is 18.2 Å². The summed E-state index contributed by atoms with van der Waals surface area (Å²) in [5, 5.41) is 0.557. The molecule has 1 aliphatic rings. The molecule has 2 unspecified atom stereocenters. The van der Waals surface area contributed by atoms with Gasteiger partial charge in [0.1, 0.15) is 0 Å². The van der Waals surface area contributed by atoms with Crippen LogP contribution in [0, 0.1) is 0 Å². The van der Waals surface area contributed by atoms with Crippen LogP contribution in [0.1, 0.15) is 24.2 Å². The number of ether oxygens (including phenoxy) is 1. The first-order valence-corrected chi connectivity index (χ1v) is 7.02. The number of hydrogen-bond acceptors (Lipinski definition) is 2. The van der Waals surface area contributed by atoms with Gasteiger partial charge in [-0.3, -0.25) is 4.79 Å². The first-order chi connectivity index (χ1) is 8.49. The zero-order valence-corrected chi connectivity index (χ0v) is 12.7. The van der Waals surface area contributed by atoms with Gasteiger partial charge in [-0.25, -0.2) is 0 Å². The Hall–Kier alpha value is -0.580. The molecule has 0 N–H and O–H groups in total. The van der Waals surface area contributed by atoms with Crippen molar-refractivity contribution >= 4 is 33.4 Å². The van der Waals surface area contributed by atoms with Crippen molar-refractivity contribution in [3.63, 3.8) is 0 Å². The van der Waals surface area contributed by atoms with Gasteiger partial charge in [-0.15, -0.1) is 0 Å². The van der Waals surface area contributed by atoms with Crippen molar-refractivity contribution in [2.24, 2.45) is 0 Å². The number of carbonyl (C=O) groups excluding carboxylic acids is 1. The highest BCUT2D eigenvalue weighted by molar-refractivity contribution is 9.10. The van der Waals surface area contributed by atoms with Crippen molar-refractivity contribution in [1.82, 2.24) is 4.90 Å². The summed E-state index contributed by atoms with van der Waals surface area (Å²) in [5.41, 5.74) is 0.606. The van der Waals surface area contributed by atoms with E-state index in [1.165, 1.54) is 0 Å². The Balaban J connectivity index is 2.29. The third-order valence-electron chi connectivity index (χ3n) is 3.01. The Kier molecular flexibility index (Phi) is 4.30. The fourth-order valence-electron chi connectivity index (χ4n) is 2.23. The molecule has 0 saturated carbocycles. The molecule has 18 heavy (non-hydrogen) atoms. The molecule has 2 rings (SSSR count). The molecule has 0 aliphatic carbocycles. The Labute approximate surface area is 120 Å². The van der Waals surface area contributed by atoms with Gasteiger partial charge in [0.2, 0.25) is 0 Å². The van der Waals surface area contributed by atoms with Gasteiger partial charge in [0.15, 0.2) is 0 Å². The summed E-state index contributed by atoms with van der Waals surface area (Å²) in [4.78, 5) is 14.4. The number of rotatable bonds is 1. The quantitative estimate of drug-likeness (QED) is 0.789. The molecule has 1 aliphatic heterocycles. The second-order valence-corrected chi connectivity index (χ2v) is 5.96. The Bertz CT molecular complexity index is 436. The summed E-state index contributed by atoms with van der Waals surface area (Å²) in [7, 11) is 0. The largest absolute Gasteiger partial charge is 0.377 e. The van der Waals surface area contributed by atoms with Crippen molar-refractivity contribution in [2.75, 3.05) is 13.2 Å². The highest BCUT2D eigenvalue weighted by atomic mass is 79.9. The van der Waals surface area contributed by atoms with Crippen LogP contribution in [0.3, 0.4) is 0 Å². The van der Waals surface area contributed by atoms with Gasteiger partial charge in [-0.1, -0.05) is 27.5 Å². The number of amides is 1. The van der Waals surface area contributed by atoms with Crippen LogP contribution in [-0.2, 0) is 4.74 Å². The molecule has 1 saturated heterocycles. The van der Waals surface area contributed by atoms with E-state index >= 15 is 0 Å². The molecule has 3 nitrogen and oxygen atoms in total. The van der Waals surface area contributed by atoms with Crippen molar-refractivity contribution in [3.05, 3.63) is 33.3 Å². The third-order valence-corrected chi connectivity index (χ3v) is 3.69. The number of halogens is 2. The van der Waals surface area contributed by atoms with E-state index in [0.717, 1.165) is 4.47 Å². The maximum Gasteiger partial charge on any atom is 0.254 e. The van der Waals surface area contributed by atoms with Crippen molar-refractivity contribution in [3.8, 4) is 0 Å². The Morgan fingerprint density at radius 3 is 2.50 bits per heavy atom. The summed E-state index contributed by atoms with van der Waals surface area (Å²) in [5.74, 6) is 0.00139. The third kappa shape index (κ3) is 2.87. The molecule has 1 heterocycles. The van der Waals surface area contributed by atoms with E-state index in [1.807, 2.05) is 18.7 Å². The molecule has 0 spiro atoms. The van der Waals surface area contributed by atoms with Crippen LogP contribution >= 0.6 is 27.5 Å². The van der Waals surface area contributed by atoms with E-state index in [-0.39, 0.29) is 18.0 Å². The molecule has 1 fully saturated rings. The van der Waals surface area contributed by atoms with Crippen LogP contribution in [0.5, 0.6) is 0 Å². The molecule has 98 valence electrons. The standard InChI is InChI=1S/C13H15BrClNO2/c1-8-6-18-7-9(2)16(8)13(17)10-3-11(14)5-12(15)4-10/h3-5,8-9H,6-7H2,1-2H3. The van der Waals surface area contributed by atoms with Gasteiger partial charge in [0.25, 0.3) is 5.91 Å². The topological polar surface area (TPSA) is 29.5 Å². The van der Waals surface area contributed by atoms with Crippen LogP contribution in [-0.4, -0.2) is 36.1 Å². The zero-order valence-electron chi connectivity index (χ0n) is 10.3. The van der Waals surface area contributed by atoms with Crippen molar-refractivity contribution < 1.29 is 9.53 Å². The van der Waals surface area contributed by atoms with Crippen LogP contribution in [0.15, 0.2) is 22.7 Å². The summed E-state index contributed by atoms with van der Waals surface area (Å²) in [6.07, 6.45) is 0. The molecule has 5 heteroatoms. The monoisotopic (exact) mass is 331 g/mol. The average molecular weight is 333 g/mol. The van der Waals surface area contributed by atoms with Crippen LogP contribution < -0.4 is 0 Å². The summed E-state index contributed by atoms with van der Waals surface area (Å²) >= 11 is 9.34. The molecule has 1 aromatic carbocycles. The number of carbonyl (C=O) groups is 1. The van der Waals surface area contributed by atoms with E-state index in [2.05, 4.69) is 15.9 Å². The molecule has 2 atom stereocenters. The van der Waals surface area contributed by atoms with Crippen molar-refractivity contribution in [2.45, 2.75) is 25.9 Å². The summed E-state index contributed by atoms with van der Waals surface area (Å²) in [6.45, 7) is 5.15. The molecule has 0 aromatic heterocycles. The highest BCUT2D eigenvalue weighted by Gasteiger charge is 2.30. The predicted octanol–water partition coefficient (Wildman–Crippen LogP) is 3.35. The van der Waals surface area contributed by atoms with Crippen LogP contribution in [0.25, 0.3) is 0 Å². The average Bonchev–Trinajstić information content (AvgIpc) is 2.27. The molecular formula is C13H15BrClNO2. The van der Waals surface area contributed by atoms with Gasteiger partial charge in [-0.2, -0.15) is 0 Å². The second kappa shape index (κ2) is 5.59. The highest BCUT2D eigenvalue weighted by Crippen LogP contribution is 2.23. The molecule has 1 aromatic rings. The Morgan fingerprint density at radius 1 is 1.33 bits per heavy atom. The fraction of sp³-hybridized carbons (Fsp3) is 0.462. The lowest BCUT2D eigenvalue weighted by Gasteiger charge is -2.38. The van der Waals surface area contributed by atoms with Gasteiger partial charge in [0.05, 0.1) is 25.3 Å². The Morgan fingerprint density at radius 2 is 1.94 bits per heavy atom. The second-order valence-electron chi connectivity index (χ2n) is 4.61. The van der Waals surface area contributed by atoms with Gasteiger partial charge >= 0.3 is 0 Å². The van der Waals surface area contributed by atoms with Gasteiger partial charge in [0, 0.05) is 15.1 Å². The summed E-state index contributed by atoms with van der Waals surface area (Å²) in [6, 6.07) is 5.43. The predicted molar refractivity (Wildman–Crippen MR) is 75.1 cm³/mol. The zero-order chi connectivity index (χ0) is 13.3. The first-order valence-electron chi connectivity index (χ1n) is 5.85. The van der Waals surface area contributed by atoms with Gasteiger partial charge in [-0.05, 0) is 32.0 Å². The SMILES string of the molecule is CC1COCC(C)N1C(=O)c1cc(Cl)cc(Br)c1. The molecular weight excluding hydrogens is 318 g/mol. The fourth-order valence-corrected chi connectivity index (χ4v) is 3.09. The number of nitrogens with zero attached hydrogens (tertiary/aromatic N) is 1. The van der Waals surface area contributed by atoms with E-state index in [9.17, 15) is 4.79 Å². The summed E-state index contributed by atoms with van der Waals surface area (Å²) < 4.78 is 6.24. The maximum absolute atomic E-state index is 12.5. The number of hydrogen-bond donors (Lipinski definition) is 0. The lowest BCUT2D eigenvalue weighted by atomic mass is 10.1. The normalized spacial score (nSPS) is 24.1. The molecule has 1 amide bonds. The van der Waals surface area contributed by atoms with E-state index < -0.39 is 0 Å². The minimum Gasteiger partial charge on any atom is -0.377 e. The van der Waals surface area contributed by atoms with Gasteiger partial charge < -0.3 is 9.64 Å². The minimum absolute atomic E-state index is 0.00139. The molecule has 0 bridgehead atoms. The lowest BCUT2D eigenvalue weighted by Crippen LogP contribution is -2.52. The van der Waals surface area contributed by atoms with Crippen molar-refractivity contribution in [1.29, 1.82) is 0 Å². The number of benzene rings is 1. The minimum atomic E-state index is 0.00139. The number of morpholine rings is 1. The smallest absolute Gasteiger partial charge is 0.254 e. The van der Waals surface area contributed by atoms with Crippen LogP contribution in [0.4, 0.5) is 0 Å². The van der Waals surface area contributed by atoms with E-state index in [4.69, 9.17) is 16.3 Å². The first kappa shape index (κ1) is 13.8.